The Morgan fingerprint density at radius 3 is 2.29 bits per heavy atom. The first-order valence-corrected chi connectivity index (χ1v) is 12.4. The Labute approximate surface area is 220 Å². The van der Waals surface area contributed by atoms with E-state index < -0.39 is 6.04 Å². The predicted molar refractivity (Wildman–Crippen MR) is 141 cm³/mol. The van der Waals surface area contributed by atoms with Gasteiger partial charge in [0, 0.05) is 19.5 Å². The zero-order valence-electron chi connectivity index (χ0n) is 19.3. The van der Waals surface area contributed by atoms with Crippen LogP contribution in [0.2, 0.25) is 15.1 Å². The molecular formula is C27H27Cl3N2O3. The van der Waals surface area contributed by atoms with Crippen molar-refractivity contribution in [2.45, 2.75) is 32.4 Å². The van der Waals surface area contributed by atoms with E-state index in [1.54, 1.807) is 42.5 Å². The van der Waals surface area contributed by atoms with Gasteiger partial charge in [0.1, 0.15) is 11.8 Å². The fraction of sp³-hybridized carbons (Fsp3) is 0.259. The van der Waals surface area contributed by atoms with Crippen LogP contribution in [0.25, 0.3) is 0 Å². The first-order chi connectivity index (χ1) is 16.9. The number of amides is 2. The molecule has 3 rings (SSSR count). The highest BCUT2D eigenvalue weighted by atomic mass is 35.5. The molecule has 0 aliphatic carbocycles. The molecule has 35 heavy (non-hydrogen) atoms. The minimum absolute atomic E-state index is 0.151. The van der Waals surface area contributed by atoms with E-state index in [4.69, 9.17) is 39.5 Å². The van der Waals surface area contributed by atoms with E-state index in [1.807, 2.05) is 37.3 Å². The molecule has 0 aliphatic rings. The highest BCUT2D eigenvalue weighted by Gasteiger charge is 2.30. The van der Waals surface area contributed by atoms with Crippen LogP contribution in [0.15, 0.2) is 72.8 Å². The number of nitrogens with one attached hydrogen (secondary N) is 1. The number of halogens is 3. The summed E-state index contributed by atoms with van der Waals surface area (Å²) in [6.45, 7) is 2.35. The minimum Gasteiger partial charge on any atom is -0.482 e. The molecule has 0 spiro atoms. The van der Waals surface area contributed by atoms with Gasteiger partial charge in [-0.25, -0.2) is 0 Å². The van der Waals surface area contributed by atoms with Gasteiger partial charge in [-0.1, -0.05) is 90.3 Å². The fourth-order valence-corrected chi connectivity index (χ4v) is 4.05. The molecule has 184 valence electrons. The first-order valence-electron chi connectivity index (χ1n) is 11.3. The predicted octanol–water partition coefficient (Wildman–Crippen LogP) is 6.19. The molecule has 1 N–H and O–H groups in total. The van der Waals surface area contributed by atoms with Gasteiger partial charge in [0.25, 0.3) is 5.91 Å². The number of carbonyl (C=O) groups excluding carboxylic acids is 2. The van der Waals surface area contributed by atoms with Crippen LogP contribution in [0.3, 0.4) is 0 Å². The smallest absolute Gasteiger partial charge is 0.261 e. The van der Waals surface area contributed by atoms with E-state index in [0.717, 1.165) is 17.5 Å². The second-order valence-corrected chi connectivity index (χ2v) is 9.21. The van der Waals surface area contributed by atoms with E-state index in [2.05, 4.69) is 5.32 Å². The van der Waals surface area contributed by atoms with Gasteiger partial charge < -0.3 is 15.0 Å². The second-order valence-electron chi connectivity index (χ2n) is 7.99. The summed E-state index contributed by atoms with van der Waals surface area (Å²) in [5, 5.41) is 4.12. The van der Waals surface area contributed by atoms with Gasteiger partial charge in [-0.2, -0.15) is 0 Å². The Morgan fingerprint density at radius 2 is 1.60 bits per heavy atom. The van der Waals surface area contributed by atoms with Gasteiger partial charge in [-0.05, 0) is 41.8 Å². The minimum atomic E-state index is -0.763. The molecule has 0 heterocycles. The lowest BCUT2D eigenvalue weighted by Crippen LogP contribution is -2.51. The SMILES string of the molecule is CCCNC(=O)[C@@H](Cc1ccccc1)N(Cc1ccc(Cl)c(Cl)c1)C(=O)COc1ccccc1Cl. The number of carbonyl (C=O) groups is 2. The number of benzene rings is 3. The van der Waals surface area contributed by atoms with Crippen LogP contribution in [0.4, 0.5) is 0 Å². The molecule has 0 aliphatic heterocycles. The van der Waals surface area contributed by atoms with Crippen LogP contribution < -0.4 is 10.1 Å². The monoisotopic (exact) mass is 532 g/mol. The molecule has 0 radical (unpaired) electrons. The third-order valence-electron chi connectivity index (χ3n) is 5.35. The van der Waals surface area contributed by atoms with Gasteiger partial charge in [0.05, 0.1) is 15.1 Å². The lowest BCUT2D eigenvalue weighted by Gasteiger charge is -2.31. The van der Waals surface area contributed by atoms with Gasteiger partial charge >= 0.3 is 0 Å². The summed E-state index contributed by atoms with van der Waals surface area (Å²) < 4.78 is 5.72. The molecule has 0 bridgehead atoms. The molecule has 3 aromatic rings. The van der Waals surface area contributed by atoms with Crippen molar-refractivity contribution < 1.29 is 14.3 Å². The summed E-state index contributed by atoms with van der Waals surface area (Å²) in [6.07, 6.45) is 1.12. The number of nitrogens with zero attached hydrogens (tertiary/aromatic N) is 1. The Bertz CT molecular complexity index is 1140. The molecule has 0 fully saturated rings. The quantitative estimate of drug-likeness (QED) is 0.320. The zero-order chi connectivity index (χ0) is 25.2. The third-order valence-corrected chi connectivity index (χ3v) is 6.40. The molecule has 8 heteroatoms. The standard InChI is InChI=1S/C27H27Cl3N2O3/c1-2-14-31-27(34)24(16-19-8-4-3-5-9-19)32(17-20-12-13-21(28)23(30)15-20)26(33)18-35-25-11-7-6-10-22(25)29/h3-13,15,24H,2,14,16-18H2,1H3,(H,31,34)/t24-/m1/s1. The van der Waals surface area contributed by atoms with Gasteiger partial charge in [-0.3, -0.25) is 9.59 Å². The summed E-state index contributed by atoms with van der Waals surface area (Å²) in [5.41, 5.74) is 1.68. The Balaban J connectivity index is 1.92. The van der Waals surface area contributed by atoms with Crippen LogP contribution >= 0.6 is 34.8 Å². The maximum atomic E-state index is 13.5. The van der Waals surface area contributed by atoms with E-state index in [0.29, 0.717) is 33.8 Å². The maximum absolute atomic E-state index is 13.5. The molecule has 1 atom stereocenters. The number of hydrogen-bond acceptors (Lipinski definition) is 3. The number of ether oxygens (including phenoxy) is 1. The molecule has 0 aromatic heterocycles. The molecule has 0 saturated carbocycles. The molecular weight excluding hydrogens is 507 g/mol. The van der Waals surface area contributed by atoms with E-state index >= 15 is 0 Å². The summed E-state index contributed by atoms with van der Waals surface area (Å²) in [7, 11) is 0. The van der Waals surface area contributed by atoms with Crippen LogP contribution in [0, 0.1) is 0 Å². The zero-order valence-corrected chi connectivity index (χ0v) is 21.6. The van der Waals surface area contributed by atoms with Gasteiger partial charge in [-0.15, -0.1) is 0 Å². The molecule has 2 amide bonds. The number of hydrogen-bond donors (Lipinski definition) is 1. The highest BCUT2D eigenvalue weighted by Crippen LogP contribution is 2.25. The normalized spacial score (nSPS) is 11.5. The molecule has 0 saturated heterocycles. The van der Waals surface area contributed by atoms with Crippen LogP contribution in [-0.4, -0.2) is 35.9 Å². The Morgan fingerprint density at radius 1 is 0.886 bits per heavy atom. The molecule has 5 nitrogen and oxygen atoms in total. The third kappa shape index (κ3) is 7.89. The molecule has 3 aromatic carbocycles. The Hall–Kier alpha value is -2.73. The first kappa shape index (κ1) is 26.9. The largest absolute Gasteiger partial charge is 0.482 e. The van der Waals surface area contributed by atoms with E-state index in [-0.39, 0.29) is 25.0 Å². The second kappa shape index (κ2) is 13.4. The van der Waals surface area contributed by atoms with Crippen molar-refractivity contribution in [1.82, 2.24) is 10.2 Å². The van der Waals surface area contributed by atoms with Crippen molar-refractivity contribution in [3.05, 3.63) is 99.0 Å². The fourth-order valence-electron chi connectivity index (χ4n) is 3.54. The van der Waals surface area contributed by atoms with Crippen molar-refractivity contribution in [3.63, 3.8) is 0 Å². The highest BCUT2D eigenvalue weighted by molar-refractivity contribution is 6.42. The number of rotatable bonds is 11. The van der Waals surface area contributed by atoms with Gasteiger partial charge in [0.15, 0.2) is 6.61 Å². The maximum Gasteiger partial charge on any atom is 0.261 e. The topological polar surface area (TPSA) is 58.6 Å². The summed E-state index contributed by atoms with van der Waals surface area (Å²) in [5.74, 6) is -0.197. The van der Waals surface area contributed by atoms with E-state index in [1.165, 1.54) is 4.90 Å². The number of para-hydroxylation sites is 1. The van der Waals surface area contributed by atoms with Gasteiger partial charge in [0.2, 0.25) is 5.91 Å². The van der Waals surface area contributed by atoms with Crippen LogP contribution in [-0.2, 0) is 22.6 Å². The molecule has 0 unspecified atom stereocenters. The Kier molecular flexibility index (Phi) is 10.3. The summed E-state index contributed by atoms with van der Waals surface area (Å²) in [4.78, 5) is 28.3. The average molecular weight is 534 g/mol. The van der Waals surface area contributed by atoms with Crippen molar-refractivity contribution in [3.8, 4) is 5.75 Å². The lowest BCUT2D eigenvalue weighted by molar-refractivity contribution is -0.142. The van der Waals surface area contributed by atoms with Crippen molar-refractivity contribution >= 4 is 46.6 Å². The van der Waals surface area contributed by atoms with E-state index in [9.17, 15) is 9.59 Å². The summed E-state index contributed by atoms with van der Waals surface area (Å²) >= 11 is 18.5. The van der Waals surface area contributed by atoms with Crippen molar-refractivity contribution in [1.29, 1.82) is 0 Å². The lowest BCUT2D eigenvalue weighted by atomic mass is 10.0. The van der Waals surface area contributed by atoms with Crippen LogP contribution in [0.5, 0.6) is 5.75 Å². The summed E-state index contributed by atoms with van der Waals surface area (Å²) in [6, 6.07) is 20.9. The van der Waals surface area contributed by atoms with Crippen molar-refractivity contribution in [2.75, 3.05) is 13.2 Å². The van der Waals surface area contributed by atoms with Crippen LogP contribution in [0.1, 0.15) is 24.5 Å². The average Bonchev–Trinajstić information content (AvgIpc) is 2.86. The van der Waals surface area contributed by atoms with Crippen molar-refractivity contribution in [2.24, 2.45) is 0 Å².